The Kier molecular flexibility index (Phi) is 4.78. The summed E-state index contributed by atoms with van der Waals surface area (Å²) >= 11 is 12.4. The maximum absolute atomic E-state index is 6.21. The number of ether oxygens (including phenoxy) is 2. The van der Waals surface area contributed by atoms with Crippen molar-refractivity contribution in [3.63, 3.8) is 0 Å². The predicted molar refractivity (Wildman–Crippen MR) is 106 cm³/mol. The summed E-state index contributed by atoms with van der Waals surface area (Å²) in [5.41, 5.74) is 2.44. The van der Waals surface area contributed by atoms with Crippen LogP contribution in [-0.4, -0.2) is 44.9 Å². The molecule has 0 saturated carbocycles. The molecule has 0 spiro atoms. The highest BCUT2D eigenvalue weighted by atomic mass is 35.5. The van der Waals surface area contributed by atoms with Crippen LogP contribution in [-0.2, 0) is 0 Å². The number of hydrogen-bond donors (Lipinski definition) is 0. The number of halogens is 2. The van der Waals surface area contributed by atoms with Gasteiger partial charge in [-0.25, -0.2) is 0 Å². The van der Waals surface area contributed by atoms with Crippen LogP contribution < -0.4 is 14.0 Å². The normalized spacial score (nSPS) is 20.2. The molecule has 0 N–H and O–H groups in total. The molecule has 6 heteroatoms. The molecule has 1 fully saturated rings. The van der Waals surface area contributed by atoms with Crippen molar-refractivity contribution in [3.8, 4) is 11.5 Å². The predicted octanol–water partition coefficient (Wildman–Crippen LogP) is 4.74. The van der Waals surface area contributed by atoms with Crippen molar-refractivity contribution in [2.24, 2.45) is 0 Å². The monoisotopic (exact) mass is 393 g/mol. The summed E-state index contributed by atoms with van der Waals surface area (Å²) in [4.78, 5) is 2.52. The molecule has 1 unspecified atom stereocenters. The van der Waals surface area contributed by atoms with Crippen molar-refractivity contribution < 1.29 is 9.47 Å². The van der Waals surface area contributed by atoms with Crippen LogP contribution in [0.5, 0.6) is 11.5 Å². The second-order valence-corrected chi connectivity index (χ2v) is 8.17. The molecule has 4 nitrogen and oxygen atoms in total. The number of quaternary nitrogens is 1. The van der Waals surface area contributed by atoms with E-state index in [2.05, 4.69) is 31.0 Å². The van der Waals surface area contributed by atoms with Gasteiger partial charge in [0, 0.05) is 41.3 Å². The van der Waals surface area contributed by atoms with Gasteiger partial charge in [-0.1, -0.05) is 29.3 Å². The zero-order valence-electron chi connectivity index (χ0n) is 15.0. The van der Waals surface area contributed by atoms with Gasteiger partial charge in [0.15, 0.2) is 11.5 Å². The maximum Gasteiger partial charge on any atom is 0.231 e. The second kappa shape index (κ2) is 6.93. The van der Waals surface area contributed by atoms with Gasteiger partial charge in [-0.2, -0.15) is 0 Å². The van der Waals surface area contributed by atoms with Crippen LogP contribution in [0.1, 0.15) is 18.5 Å². The first kappa shape index (κ1) is 17.9. The lowest BCUT2D eigenvalue weighted by atomic mass is 10.0. The number of likely N-dealkylation sites (N-methyl/N-ethyl adjacent to an activating group) is 1. The minimum Gasteiger partial charge on any atom is -0.454 e. The molecule has 1 saturated heterocycles. The van der Waals surface area contributed by atoms with E-state index in [9.17, 15) is 0 Å². The Bertz CT molecular complexity index is 799. The molecular weight excluding hydrogens is 371 g/mol. The molecule has 0 aliphatic carbocycles. The topological polar surface area (TPSA) is 21.7 Å². The van der Waals surface area contributed by atoms with Gasteiger partial charge in [0.1, 0.15) is 5.69 Å². The average Bonchev–Trinajstić information content (AvgIpc) is 3.08. The number of rotatable bonds is 3. The highest BCUT2D eigenvalue weighted by Crippen LogP contribution is 2.36. The lowest BCUT2D eigenvalue weighted by Gasteiger charge is -2.43. The van der Waals surface area contributed by atoms with Gasteiger partial charge in [-0.15, -0.1) is 0 Å². The fourth-order valence-corrected chi connectivity index (χ4v) is 4.32. The van der Waals surface area contributed by atoms with Crippen LogP contribution in [0.15, 0.2) is 36.4 Å². The van der Waals surface area contributed by atoms with Crippen LogP contribution in [0.25, 0.3) is 0 Å². The first-order chi connectivity index (χ1) is 12.4. The molecule has 138 valence electrons. The Morgan fingerprint density at radius 1 is 0.962 bits per heavy atom. The van der Waals surface area contributed by atoms with Crippen LogP contribution >= 0.6 is 23.2 Å². The summed E-state index contributed by atoms with van der Waals surface area (Å²) in [5.74, 6) is 1.68. The molecule has 2 heterocycles. The highest BCUT2D eigenvalue weighted by Gasteiger charge is 2.33. The maximum atomic E-state index is 6.21. The lowest BCUT2D eigenvalue weighted by Crippen LogP contribution is -2.58. The van der Waals surface area contributed by atoms with E-state index in [4.69, 9.17) is 32.7 Å². The first-order valence-electron chi connectivity index (χ1n) is 8.89. The van der Waals surface area contributed by atoms with Gasteiger partial charge in [0.2, 0.25) is 6.79 Å². The first-order valence-corrected chi connectivity index (χ1v) is 9.65. The molecule has 0 amide bonds. The number of hydrogen-bond acceptors (Lipinski definition) is 3. The smallest absolute Gasteiger partial charge is 0.231 e. The number of piperazine rings is 1. The van der Waals surface area contributed by atoms with Crippen LogP contribution in [0, 0.1) is 0 Å². The van der Waals surface area contributed by atoms with E-state index in [-0.39, 0.29) is 0 Å². The van der Waals surface area contributed by atoms with Gasteiger partial charge < -0.3 is 9.47 Å². The molecule has 0 aromatic heterocycles. The Balaban J connectivity index is 1.47. The van der Waals surface area contributed by atoms with Crippen molar-refractivity contribution in [1.29, 1.82) is 0 Å². The van der Waals surface area contributed by atoms with E-state index in [1.54, 1.807) is 6.07 Å². The van der Waals surface area contributed by atoms with Crippen LogP contribution in [0.2, 0.25) is 10.0 Å². The third kappa shape index (κ3) is 3.39. The quantitative estimate of drug-likeness (QED) is 0.703. The summed E-state index contributed by atoms with van der Waals surface area (Å²) in [6.07, 6.45) is 0. The molecule has 0 radical (unpaired) electrons. The van der Waals surface area contributed by atoms with Gasteiger partial charge in [0.05, 0.1) is 20.1 Å². The Labute approximate surface area is 164 Å². The summed E-state index contributed by atoms with van der Waals surface area (Å²) in [7, 11) is 2.25. The zero-order chi connectivity index (χ0) is 18.3. The highest BCUT2D eigenvalue weighted by molar-refractivity contribution is 6.35. The molecule has 2 aliphatic rings. The van der Waals surface area contributed by atoms with E-state index >= 15 is 0 Å². The Morgan fingerprint density at radius 3 is 2.31 bits per heavy atom. The lowest BCUT2D eigenvalue weighted by molar-refractivity contribution is 0.120. The Hall–Kier alpha value is -1.46. The fourth-order valence-electron chi connectivity index (χ4n) is 3.80. The van der Waals surface area contributed by atoms with Crippen molar-refractivity contribution in [1.82, 2.24) is 9.38 Å². The van der Waals surface area contributed by atoms with E-state index in [1.165, 1.54) is 11.3 Å². The minimum absolute atomic E-state index is 0.314. The zero-order valence-corrected chi connectivity index (χ0v) is 16.6. The molecule has 4 rings (SSSR count). The van der Waals surface area contributed by atoms with Gasteiger partial charge in [0.25, 0.3) is 0 Å². The molecule has 2 aromatic carbocycles. The molecule has 0 bridgehead atoms. The fraction of sp³-hybridized carbons (Fsp3) is 0.400. The van der Waals surface area contributed by atoms with Crippen LogP contribution in [0.3, 0.4) is 0 Å². The summed E-state index contributed by atoms with van der Waals surface area (Å²) in [6, 6.07) is 12.4. The second-order valence-electron chi connectivity index (χ2n) is 7.30. The summed E-state index contributed by atoms with van der Waals surface area (Å²) in [5, 5.41) is 1.39. The summed E-state index contributed by atoms with van der Waals surface area (Å²) < 4.78 is 11.8. The molecule has 2 aliphatic heterocycles. The van der Waals surface area contributed by atoms with E-state index in [1.807, 2.05) is 18.2 Å². The third-order valence-electron chi connectivity index (χ3n) is 5.66. The van der Waals surface area contributed by atoms with Crippen LogP contribution in [0.4, 0.5) is 5.69 Å². The minimum atomic E-state index is 0.314. The number of nitrogens with zero attached hydrogens (tertiary/aromatic N) is 2. The third-order valence-corrected chi connectivity index (χ3v) is 6.10. The molecule has 26 heavy (non-hydrogen) atoms. The largest absolute Gasteiger partial charge is 0.454 e. The van der Waals surface area contributed by atoms with E-state index in [0.717, 1.165) is 42.2 Å². The molecule has 2 aromatic rings. The van der Waals surface area contributed by atoms with Crippen molar-refractivity contribution in [2.75, 3.05) is 40.0 Å². The van der Waals surface area contributed by atoms with Gasteiger partial charge >= 0.3 is 0 Å². The summed E-state index contributed by atoms with van der Waals surface area (Å²) in [6.45, 7) is 6.63. The van der Waals surface area contributed by atoms with Crippen molar-refractivity contribution >= 4 is 28.9 Å². The van der Waals surface area contributed by atoms with Gasteiger partial charge in [-0.3, -0.25) is 9.38 Å². The number of benzene rings is 2. The standard InChI is InChI=1S/C20H23Cl2N2O2/c1-14(15-3-4-19-20(9-15)26-13-25-19)23-5-7-24(2,8-6-23)18-11-16(21)10-17(22)12-18/h3-4,9-12,14H,5-8,13H2,1-2H3/q+1. The van der Waals surface area contributed by atoms with Crippen molar-refractivity contribution in [2.45, 2.75) is 13.0 Å². The SMILES string of the molecule is CC(c1ccc2c(c1)OCO2)N1CC[N+](C)(c2cc(Cl)cc(Cl)c2)CC1. The average molecular weight is 394 g/mol. The van der Waals surface area contributed by atoms with E-state index < -0.39 is 0 Å². The van der Waals surface area contributed by atoms with Crippen molar-refractivity contribution in [3.05, 3.63) is 52.0 Å². The number of fused-ring (bicyclic) bond motifs is 1. The van der Waals surface area contributed by atoms with Gasteiger partial charge in [-0.05, 0) is 30.7 Å². The molecular formula is C20H23Cl2N2O2+. The molecule has 1 atom stereocenters. The van der Waals surface area contributed by atoms with E-state index in [0.29, 0.717) is 22.9 Å². The Morgan fingerprint density at radius 2 is 1.62 bits per heavy atom.